The van der Waals surface area contributed by atoms with E-state index in [9.17, 15) is 4.79 Å². The zero-order valence-corrected chi connectivity index (χ0v) is 15.8. The fourth-order valence-corrected chi connectivity index (χ4v) is 3.81. The van der Waals surface area contributed by atoms with Crippen molar-refractivity contribution >= 4 is 16.8 Å². The van der Waals surface area contributed by atoms with Crippen LogP contribution in [-0.4, -0.2) is 29.2 Å². The van der Waals surface area contributed by atoms with Gasteiger partial charge in [0.25, 0.3) is 5.91 Å². The van der Waals surface area contributed by atoms with E-state index in [1.165, 1.54) is 5.56 Å². The number of amides is 1. The third kappa shape index (κ3) is 2.91. The van der Waals surface area contributed by atoms with Gasteiger partial charge in [-0.05, 0) is 54.8 Å². The van der Waals surface area contributed by atoms with E-state index in [2.05, 4.69) is 31.0 Å². The van der Waals surface area contributed by atoms with Gasteiger partial charge < -0.3 is 19.1 Å². The number of hydrogen-bond acceptors (Lipinski definition) is 5. The fraction of sp³-hybridized carbons (Fsp3) is 0.273. The predicted octanol–water partition coefficient (Wildman–Crippen LogP) is 3.50. The summed E-state index contributed by atoms with van der Waals surface area (Å²) in [6, 6.07) is 12.0. The second-order valence-electron chi connectivity index (χ2n) is 7.33. The van der Waals surface area contributed by atoms with Gasteiger partial charge in [0.15, 0.2) is 18.1 Å². The lowest BCUT2D eigenvalue weighted by Crippen LogP contribution is -2.31. The number of fused-ring (bicyclic) bond motifs is 3. The molecule has 1 amide bonds. The summed E-state index contributed by atoms with van der Waals surface area (Å²) < 4.78 is 16.6. The summed E-state index contributed by atoms with van der Waals surface area (Å²) in [4.78, 5) is 19.1. The second kappa shape index (κ2) is 6.41. The lowest BCUT2D eigenvalue weighted by atomic mass is 10.0. The van der Waals surface area contributed by atoms with Crippen LogP contribution in [-0.2, 0) is 17.9 Å². The standard InChI is InChI=1S/C22H20N2O4/c1-13-5-14(2)17-8-16-10-24(21(25)11-26-22(16)23-18(17)6-13)9-15-3-4-19-20(7-15)28-12-27-19/h3-8H,9-12H2,1-2H3. The first-order chi connectivity index (χ1) is 13.6. The molecule has 0 atom stereocenters. The molecule has 0 N–H and O–H groups in total. The van der Waals surface area contributed by atoms with Crippen LogP contribution in [0.3, 0.4) is 0 Å². The maximum atomic E-state index is 12.7. The van der Waals surface area contributed by atoms with Crippen molar-refractivity contribution in [2.24, 2.45) is 0 Å². The highest BCUT2D eigenvalue weighted by Crippen LogP contribution is 2.34. The van der Waals surface area contributed by atoms with E-state index in [0.29, 0.717) is 19.0 Å². The van der Waals surface area contributed by atoms with Crippen LogP contribution in [0.5, 0.6) is 17.4 Å². The lowest BCUT2D eigenvalue weighted by Gasteiger charge is -2.20. The van der Waals surface area contributed by atoms with E-state index < -0.39 is 0 Å². The number of carbonyl (C=O) groups is 1. The summed E-state index contributed by atoms with van der Waals surface area (Å²) in [5, 5.41) is 1.09. The molecule has 0 saturated heterocycles. The molecule has 0 radical (unpaired) electrons. The van der Waals surface area contributed by atoms with E-state index >= 15 is 0 Å². The summed E-state index contributed by atoms with van der Waals surface area (Å²) in [7, 11) is 0. The summed E-state index contributed by atoms with van der Waals surface area (Å²) in [6.07, 6.45) is 0. The molecule has 6 heteroatoms. The molecule has 0 fully saturated rings. The lowest BCUT2D eigenvalue weighted by molar-refractivity contribution is -0.133. The molecule has 2 aliphatic rings. The molecule has 2 aliphatic heterocycles. The molecule has 3 aromatic rings. The van der Waals surface area contributed by atoms with E-state index in [-0.39, 0.29) is 19.3 Å². The Morgan fingerprint density at radius 2 is 1.89 bits per heavy atom. The number of ether oxygens (including phenoxy) is 3. The van der Waals surface area contributed by atoms with Gasteiger partial charge in [0, 0.05) is 17.5 Å². The van der Waals surface area contributed by atoms with Gasteiger partial charge in [-0.2, -0.15) is 0 Å². The maximum absolute atomic E-state index is 12.7. The molecular weight excluding hydrogens is 356 g/mol. The Morgan fingerprint density at radius 1 is 1.04 bits per heavy atom. The molecule has 142 valence electrons. The SMILES string of the molecule is Cc1cc(C)c2cc3c(nc2c1)OCC(=O)N(Cc1ccc2c(c1)OCO2)C3. The molecule has 2 aromatic carbocycles. The molecule has 1 aromatic heterocycles. The number of aryl methyl sites for hydroxylation is 2. The molecular formula is C22H20N2O4. The number of rotatable bonds is 2. The van der Waals surface area contributed by atoms with Crippen LogP contribution in [0.4, 0.5) is 0 Å². The molecule has 3 heterocycles. The van der Waals surface area contributed by atoms with Crippen LogP contribution in [0.2, 0.25) is 0 Å². The fourth-order valence-electron chi connectivity index (χ4n) is 3.81. The van der Waals surface area contributed by atoms with Crippen molar-refractivity contribution in [3.05, 3.63) is 58.7 Å². The first-order valence-corrected chi connectivity index (χ1v) is 9.27. The second-order valence-corrected chi connectivity index (χ2v) is 7.33. The van der Waals surface area contributed by atoms with Gasteiger partial charge in [0.1, 0.15) is 0 Å². The van der Waals surface area contributed by atoms with E-state index in [4.69, 9.17) is 14.2 Å². The van der Waals surface area contributed by atoms with Crippen molar-refractivity contribution in [3.8, 4) is 17.4 Å². The zero-order chi connectivity index (χ0) is 19.3. The molecule has 6 nitrogen and oxygen atoms in total. The number of carbonyl (C=O) groups excluding carboxylic acids is 1. The van der Waals surface area contributed by atoms with Gasteiger partial charge in [-0.3, -0.25) is 4.79 Å². The largest absolute Gasteiger partial charge is 0.467 e. The van der Waals surface area contributed by atoms with Crippen LogP contribution >= 0.6 is 0 Å². The van der Waals surface area contributed by atoms with E-state index in [0.717, 1.165) is 39.1 Å². The first-order valence-electron chi connectivity index (χ1n) is 9.27. The van der Waals surface area contributed by atoms with Crippen molar-refractivity contribution in [1.82, 2.24) is 9.88 Å². The summed E-state index contributed by atoms with van der Waals surface area (Å²) in [5.41, 5.74) is 5.13. The predicted molar refractivity (Wildman–Crippen MR) is 104 cm³/mol. The van der Waals surface area contributed by atoms with Crippen molar-refractivity contribution in [3.63, 3.8) is 0 Å². The molecule has 0 spiro atoms. The number of nitrogens with zero attached hydrogens (tertiary/aromatic N) is 2. The molecule has 28 heavy (non-hydrogen) atoms. The Hall–Kier alpha value is -3.28. The summed E-state index contributed by atoms with van der Waals surface area (Å²) in [6.45, 7) is 5.29. The minimum Gasteiger partial charge on any atom is -0.467 e. The number of benzene rings is 2. The highest BCUT2D eigenvalue weighted by molar-refractivity contribution is 5.85. The number of hydrogen-bond donors (Lipinski definition) is 0. The Morgan fingerprint density at radius 3 is 2.79 bits per heavy atom. The van der Waals surface area contributed by atoms with Crippen LogP contribution < -0.4 is 14.2 Å². The summed E-state index contributed by atoms with van der Waals surface area (Å²) >= 11 is 0. The highest BCUT2D eigenvalue weighted by Gasteiger charge is 2.24. The topological polar surface area (TPSA) is 60.9 Å². The van der Waals surface area contributed by atoms with Crippen LogP contribution in [0, 0.1) is 13.8 Å². The number of aromatic nitrogens is 1. The normalized spacial score (nSPS) is 15.4. The smallest absolute Gasteiger partial charge is 0.261 e. The van der Waals surface area contributed by atoms with Crippen LogP contribution in [0.1, 0.15) is 22.3 Å². The molecule has 0 unspecified atom stereocenters. The van der Waals surface area contributed by atoms with E-state index in [1.807, 2.05) is 24.3 Å². The van der Waals surface area contributed by atoms with Gasteiger partial charge in [-0.25, -0.2) is 4.98 Å². The third-order valence-electron chi connectivity index (χ3n) is 5.18. The van der Waals surface area contributed by atoms with Crippen LogP contribution in [0.25, 0.3) is 10.9 Å². The average Bonchev–Trinajstić information content (AvgIpc) is 3.07. The quantitative estimate of drug-likeness (QED) is 0.685. The van der Waals surface area contributed by atoms with Gasteiger partial charge in [-0.1, -0.05) is 12.1 Å². The number of pyridine rings is 1. The Bertz CT molecular complexity index is 1110. The molecule has 5 rings (SSSR count). The van der Waals surface area contributed by atoms with Crippen molar-refractivity contribution in [2.75, 3.05) is 13.4 Å². The Balaban J connectivity index is 1.48. The molecule has 0 aliphatic carbocycles. The van der Waals surface area contributed by atoms with Crippen molar-refractivity contribution in [2.45, 2.75) is 26.9 Å². The van der Waals surface area contributed by atoms with E-state index in [1.54, 1.807) is 4.90 Å². The van der Waals surface area contributed by atoms with Gasteiger partial charge >= 0.3 is 0 Å². The monoisotopic (exact) mass is 376 g/mol. The zero-order valence-electron chi connectivity index (χ0n) is 15.8. The van der Waals surface area contributed by atoms with Gasteiger partial charge in [0.05, 0.1) is 12.1 Å². The third-order valence-corrected chi connectivity index (χ3v) is 5.18. The van der Waals surface area contributed by atoms with Crippen molar-refractivity contribution < 1.29 is 19.0 Å². The first kappa shape index (κ1) is 16.9. The summed E-state index contributed by atoms with van der Waals surface area (Å²) in [5.74, 6) is 1.93. The van der Waals surface area contributed by atoms with Crippen molar-refractivity contribution in [1.29, 1.82) is 0 Å². The highest BCUT2D eigenvalue weighted by atomic mass is 16.7. The maximum Gasteiger partial charge on any atom is 0.261 e. The Kier molecular flexibility index (Phi) is 3.86. The molecule has 0 bridgehead atoms. The molecule has 0 saturated carbocycles. The van der Waals surface area contributed by atoms with Gasteiger partial charge in [-0.15, -0.1) is 0 Å². The van der Waals surface area contributed by atoms with Gasteiger partial charge in [0.2, 0.25) is 12.7 Å². The minimum absolute atomic E-state index is 0.0130. The van der Waals surface area contributed by atoms with Crippen LogP contribution in [0.15, 0.2) is 36.4 Å². The minimum atomic E-state index is -0.0624. The average molecular weight is 376 g/mol. The Labute approximate surface area is 162 Å².